The Hall–Kier alpha value is -1.62. The number of aromatic nitrogens is 1. The number of carbonyl (C=O) groups excluding carboxylic acids is 1. The van der Waals surface area contributed by atoms with Crippen LogP contribution in [0.4, 0.5) is 5.69 Å². The lowest BCUT2D eigenvalue weighted by atomic mass is 9.99. The van der Waals surface area contributed by atoms with E-state index in [0.717, 1.165) is 19.4 Å². The molecular formula is C12H17N3O2. The predicted molar refractivity (Wildman–Crippen MR) is 65.9 cm³/mol. The number of hydrogen-bond donors (Lipinski definition) is 2. The molecule has 1 aromatic heterocycles. The molecule has 1 amide bonds. The van der Waals surface area contributed by atoms with E-state index in [4.69, 9.17) is 0 Å². The number of hydrogen-bond acceptors (Lipinski definition) is 3. The maximum atomic E-state index is 11.9. The van der Waals surface area contributed by atoms with Gasteiger partial charge in [-0.15, -0.1) is 0 Å². The SMILES string of the molecule is Cn1cccc(NC(=O)C2CCCNC2)c1=O. The lowest BCUT2D eigenvalue weighted by molar-refractivity contribution is -0.120. The van der Waals surface area contributed by atoms with Crippen molar-refractivity contribution in [2.24, 2.45) is 13.0 Å². The molecule has 0 aromatic carbocycles. The van der Waals surface area contributed by atoms with E-state index in [1.165, 1.54) is 4.57 Å². The van der Waals surface area contributed by atoms with Crippen molar-refractivity contribution >= 4 is 11.6 Å². The Bertz CT molecular complexity index is 461. The highest BCUT2D eigenvalue weighted by molar-refractivity contribution is 5.92. The summed E-state index contributed by atoms with van der Waals surface area (Å²) in [6.07, 6.45) is 3.55. The molecule has 1 saturated heterocycles. The molecule has 5 heteroatoms. The van der Waals surface area contributed by atoms with Gasteiger partial charge in [-0.2, -0.15) is 0 Å². The molecule has 2 N–H and O–H groups in total. The van der Waals surface area contributed by atoms with Gasteiger partial charge < -0.3 is 15.2 Å². The first-order valence-corrected chi connectivity index (χ1v) is 5.85. The van der Waals surface area contributed by atoms with Crippen molar-refractivity contribution in [3.8, 4) is 0 Å². The summed E-state index contributed by atoms with van der Waals surface area (Å²) in [6.45, 7) is 1.66. The van der Waals surface area contributed by atoms with Crippen LogP contribution >= 0.6 is 0 Å². The van der Waals surface area contributed by atoms with Crippen LogP contribution in [-0.2, 0) is 11.8 Å². The van der Waals surface area contributed by atoms with Crippen LogP contribution in [0.1, 0.15) is 12.8 Å². The van der Waals surface area contributed by atoms with E-state index in [0.29, 0.717) is 12.2 Å². The van der Waals surface area contributed by atoms with Gasteiger partial charge in [0.15, 0.2) is 0 Å². The molecule has 2 heterocycles. The predicted octanol–water partition coefficient (Wildman–Crippen LogP) is 0.323. The Labute approximate surface area is 99.8 Å². The highest BCUT2D eigenvalue weighted by Crippen LogP contribution is 2.12. The molecule has 1 aliphatic heterocycles. The molecule has 0 saturated carbocycles. The van der Waals surface area contributed by atoms with Crippen molar-refractivity contribution in [1.29, 1.82) is 0 Å². The van der Waals surface area contributed by atoms with Crippen LogP contribution in [0.2, 0.25) is 0 Å². The Morgan fingerprint density at radius 1 is 1.59 bits per heavy atom. The topological polar surface area (TPSA) is 63.1 Å². The molecule has 1 unspecified atom stereocenters. The third-order valence-electron chi connectivity index (χ3n) is 3.05. The Kier molecular flexibility index (Phi) is 3.58. The molecule has 0 radical (unpaired) electrons. The lowest BCUT2D eigenvalue weighted by Crippen LogP contribution is -2.38. The molecule has 0 bridgehead atoms. The van der Waals surface area contributed by atoms with Gasteiger partial charge in [0.05, 0.1) is 5.92 Å². The average molecular weight is 235 g/mol. The van der Waals surface area contributed by atoms with Gasteiger partial charge in [-0.3, -0.25) is 9.59 Å². The van der Waals surface area contributed by atoms with E-state index in [1.807, 2.05) is 0 Å². The highest BCUT2D eigenvalue weighted by Gasteiger charge is 2.21. The lowest BCUT2D eigenvalue weighted by Gasteiger charge is -2.21. The molecular weight excluding hydrogens is 218 g/mol. The van der Waals surface area contributed by atoms with Gasteiger partial charge in [0, 0.05) is 19.8 Å². The molecule has 92 valence electrons. The number of carbonyl (C=O) groups is 1. The fraction of sp³-hybridized carbons (Fsp3) is 0.500. The summed E-state index contributed by atoms with van der Waals surface area (Å²) in [4.78, 5) is 23.7. The van der Waals surface area contributed by atoms with Crippen LogP contribution in [0.15, 0.2) is 23.1 Å². The molecule has 1 aromatic rings. The van der Waals surface area contributed by atoms with Crippen LogP contribution in [0.5, 0.6) is 0 Å². The van der Waals surface area contributed by atoms with Gasteiger partial charge in [-0.1, -0.05) is 0 Å². The average Bonchev–Trinajstić information content (AvgIpc) is 2.36. The van der Waals surface area contributed by atoms with E-state index in [1.54, 1.807) is 25.4 Å². The first-order valence-electron chi connectivity index (χ1n) is 5.85. The number of amides is 1. The van der Waals surface area contributed by atoms with E-state index in [2.05, 4.69) is 10.6 Å². The number of nitrogens with zero attached hydrogens (tertiary/aromatic N) is 1. The van der Waals surface area contributed by atoms with Gasteiger partial charge in [-0.05, 0) is 31.5 Å². The van der Waals surface area contributed by atoms with Crippen LogP contribution in [-0.4, -0.2) is 23.6 Å². The van der Waals surface area contributed by atoms with Gasteiger partial charge in [-0.25, -0.2) is 0 Å². The van der Waals surface area contributed by atoms with Gasteiger partial charge in [0.25, 0.3) is 5.56 Å². The van der Waals surface area contributed by atoms with Crippen LogP contribution < -0.4 is 16.2 Å². The minimum absolute atomic E-state index is 0.0336. The number of piperidine rings is 1. The largest absolute Gasteiger partial charge is 0.321 e. The molecule has 5 nitrogen and oxygen atoms in total. The van der Waals surface area contributed by atoms with E-state index < -0.39 is 0 Å². The summed E-state index contributed by atoms with van der Waals surface area (Å²) < 4.78 is 1.45. The van der Waals surface area contributed by atoms with E-state index in [-0.39, 0.29) is 17.4 Å². The van der Waals surface area contributed by atoms with Crippen LogP contribution in [0.25, 0.3) is 0 Å². The highest BCUT2D eigenvalue weighted by atomic mass is 16.2. The summed E-state index contributed by atoms with van der Waals surface area (Å²) in [5.41, 5.74) is 0.176. The minimum atomic E-state index is -0.176. The minimum Gasteiger partial charge on any atom is -0.321 e. The van der Waals surface area contributed by atoms with E-state index >= 15 is 0 Å². The van der Waals surface area contributed by atoms with Crippen molar-refractivity contribution < 1.29 is 4.79 Å². The molecule has 2 rings (SSSR count). The third kappa shape index (κ3) is 2.74. The van der Waals surface area contributed by atoms with Crippen molar-refractivity contribution in [2.45, 2.75) is 12.8 Å². The monoisotopic (exact) mass is 235 g/mol. The van der Waals surface area contributed by atoms with Crippen LogP contribution in [0, 0.1) is 5.92 Å². The van der Waals surface area contributed by atoms with Crippen molar-refractivity contribution in [2.75, 3.05) is 18.4 Å². The zero-order valence-electron chi connectivity index (χ0n) is 9.90. The molecule has 0 aliphatic carbocycles. The Balaban J connectivity index is 2.07. The van der Waals surface area contributed by atoms with Crippen molar-refractivity contribution in [3.63, 3.8) is 0 Å². The molecule has 1 fully saturated rings. The zero-order valence-corrected chi connectivity index (χ0v) is 9.90. The summed E-state index contributed by atoms with van der Waals surface area (Å²) in [7, 11) is 1.67. The number of rotatable bonds is 2. The number of pyridine rings is 1. The standard InChI is InChI=1S/C12H17N3O2/c1-15-7-3-5-10(12(15)17)14-11(16)9-4-2-6-13-8-9/h3,5,7,9,13H,2,4,6,8H2,1H3,(H,14,16). The van der Waals surface area contributed by atoms with Gasteiger partial charge >= 0.3 is 0 Å². The second-order valence-electron chi connectivity index (χ2n) is 4.37. The molecule has 1 aliphatic rings. The number of anilines is 1. The number of aryl methyl sites for hydroxylation is 1. The Morgan fingerprint density at radius 3 is 3.12 bits per heavy atom. The zero-order chi connectivity index (χ0) is 12.3. The van der Waals surface area contributed by atoms with Crippen LogP contribution in [0.3, 0.4) is 0 Å². The fourth-order valence-electron chi connectivity index (χ4n) is 2.00. The maximum Gasteiger partial charge on any atom is 0.274 e. The molecule has 1 atom stereocenters. The van der Waals surface area contributed by atoms with Gasteiger partial charge in [0.2, 0.25) is 5.91 Å². The van der Waals surface area contributed by atoms with Crippen molar-refractivity contribution in [3.05, 3.63) is 28.7 Å². The van der Waals surface area contributed by atoms with Crippen molar-refractivity contribution in [1.82, 2.24) is 9.88 Å². The summed E-state index contributed by atoms with van der Waals surface area (Å²) in [5.74, 6) is -0.103. The summed E-state index contributed by atoms with van der Waals surface area (Å²) in [5, 5.41) is 5.89. The smallest absolute Gasteiger partial charge is 0.274 e. The maximum absolute atomic E-state index is 11.9. The summed E-state index contributed by atoms with van der Waals surface area (Å²) in [6, 6.07) is 3.38. The second-order valence-corrected chi connectivity index (χ2v) is 4.37. The first-order chi connectivity index (χ1) is 8.18. The second kappa shape index (κ2) is 5.14. The quantitative estimate of drug-likeness (QED) is 0.776. The Morgan fingerprint density at radius 2 is 2.41 bits per heavy atom. The number of nitrogens with one attached hydrogen (secondary N) is 2. The molecule has 17 heavy (non-hydrogen) atoms. The fourth-order valence-corrected chi connectivity index (χ4v) is 2.00. The van der Waals surface area contributed by atoms with Gasteiger partial charge in [0.1, 0.15) is 5.69 Å². The third-order valence-corrected chi connectivity index (χ3v) is 3.05. The molecule has 0 spiro atoms. The normalized spacial score (nSPS) is 19.9. The first kappa shape index (κ1) is 11.9. The van der Waals surface area contributed by atoms with E-state index in [9.17, 15) is 9.59 Å². The summed E-state index contributed by atoms with van der Waals surface area (Å²) >= 11 is 0.